The Morgan fingerprint density at radius 2 is 1.21 bits per heavy atom. The van der Waals surface area contributed by atoms with E-state index >= 15 is 0 Å². The van der Waals surface area contributed by atoms with Crippen LogP contribution in [-0.4, -0.2) is 35.6 Å². The molecule has 4 aromatic rings. The normalized spacial score (nSPS) is 13.8. The van der Waals surface area contributed by atoms with Crippen molar-refractivity contribution >= 4 is 52.3 Å². The van der Waals surface area contributed by atoms with Crippen LogP contribution in [0.3, 0.4) is 0 Å². The van der Waals surface area contributed by atoms with E-state index < -0.39 is 11.8 Å². The Labute approximate surface area is 228 Å². The van der Waals surface area contributed by atoms with Gasteiger partial charge >= 0.3 is 0 Å². The monoisotopic (exact) mass is 520 g/mol. The van der Waals surface area contributed by atoms with Crippen molar-refractivity contribution < 1.29 is 9.59 Å². The number of benzene rings is 3. The first-order valence-corrected chi connectivity index (χ1v) is 12.7. The van der Waals surface area contributed by atoms with E-state index in [2.05, 4.69) is 33.7 Å². The molecule has 0 aliphatic carbocycles. The molecule has 0 unspecified atom stereocenters. The molecule has 1 fully saturated rings. The molecule has 190 valence electrons. The molecular weight excluding hydrogens is 492 g/mol. The summed E-state index contributed by atoms with van der Waals surface area (Å²) in [4.78, 5) is 32.5. The second-order valence-corrected chi connectivity index (χ2v) is 9.73. The first kappa shape index (κ1) is 25.2. The Kier molecular flexibility index (Phi) is 6.70. The van der Waals surface area contributed by atoms with E-state index in [-0.39, 0.29) is 10.7 Å². The van der Waals surface area contributed by atoms with Gasteiger partial charge < -0.3 is 9.47 Å². The number of anilines is 3. The fraction of sp³-hybridized carbons (Fsp3) is 0.129. The van der Waals surface area contributed by atoms with Gasteiger partial charge in [-0.2, -0.15) is 0 Å². The van der Waals surface area contributed by atoms with Gasteiger partial charge in [-0.25, -0.2) is 0 Å². The fourth-order valence-electron chi connectivity index (χ4n) is 4.73. The zero-order chi connectivity index (χ0) is 27.0. The van der Waals surface area contributed by atoms with Gasteiger partial charge in [0.15, 0.2) is 5.11 Å². The van der Waals surface area contributed by atoms with E-state index in [1.54, 1.807) is 6.08 Å². The molecule has 2 heterocycles. The molecule has 1 aliphatic heterocycles. The van der Waals surface area contributed by atoms with Gasteiger partial charge in [0.25, 0.3) is 11.8 Å². The number of aryl methyl sites for hydroxylation is 1. The van der Waals surface area contributed by atoms with Crippen molar-refractivity contribution in [1.82, 2.24) is 4.57 Å². The summed E-state index contributed by atoms with van der Waals surface area (Å²) in [6, 6.07) is 28.6. The second-order valence-electron chi connectivity index (χ2n) is 9.37. The van der Waals surface area contributed by atoms with Crippen LogP contribution in [-0.2, 0) is 9.59 Å². The third-order valence-corrected chi connectivity index (χ3v) is 7.04. The quantitative estimate of drug-likeness (QED) is 0.187. The fourth-order valence-corrected chi connectivity index (χ4v) is 5.10. The number of amides is 2. The van der Waals surface area contributed by atoms with Crippen molar-refractivity contribution in [1.29, 1.82) is 0 Å². The van der Waals surface area contributed by atoms with Crippen LogP contribution in [0.2, 0.25) is 0 Å². The molecule has 0 bridgehead atoms. The summed E-state index contributed by atoms with van der Waals surface area (Å²) in [5, 5.41) is 0.126. The number of hydrogen-bond acceptors (Lipinski definition) is 4. The van der Waals surface area contributed by atoms with Crippen LogP contribution in [0.1, 0.15) is 17.0 Å². The molecule has 3 aromatic carbocycles. The first-order valence-electron chi connectivity index (χ1n) is 12.3. The molecular formula is C31H28N4O2S. The highest BCUT2D eigenvalue weighted by Crippen LogP contribution is 2.31. The largest absolute Gasteiger partial charge is 0.378 e. The predicted molar refractivity (Wildman–Crippen MR) is 158 cm³/mol. The van der Waals surface area contributed by atoms with Crippen molar-refractivity contribution in [2.24, 2.45) is 0 Å². The standard InChI is InChI=1S/C31H28N4O2S/c1-21-19-23(22(2)33(21)27-17-15-24(16-18-27)32(3)4)20-28-29(36)34(25-11-7-5-8-12-25)31(38)35(30(28)37)26-13-9-6-10-14-26/h5-20H,1-4H3. The number of para-hydroxylation sites is 2. The minimum Gasteiger partial charge on any atom is -0.378 e. The molecule has 7 heteroatoms. The third kappa shape index (κ3) is 4.41. The molecule has 1 aromatic heterocycles. The van der Waals surface area contributed by atoms with Crippen LogP contribution in [0.15, 0.2) is 96.6 Å². The van der Waals surface area contributed by atoms with Gasteiger partial charge in [0, 0.05) is 36.9 Å². The van der Waals surface area contributed by atoms with E-state index in [4.69, 9.17) is 12.2 Å². The molecule has 1 saturated heterocycles. The molecule has 0 radical (unpaired) electrons. The lowest BCUT2D eigenvalue weighted by atomic mass is 10.1. The topological polar surface area (TPSA) is 48.8 Å². The first-order chi connectivity index (χ1) is 18.3. The summed E-state index contributed by atoms with van der Waals surface area (Å²) in [6.45, 7) is 4.01. The summed E-state index contributed by atoms with van der Waals surface area (Å²) in [5.74, 6) is -0.892. The lowest BCUT2D eigenvalue weighted by Gasteiger charge is -2.36. The number of nitrogens with zero attached hydrogens (tertiary/aromatic N) is 4. The minimum atomic E-state index is -0.446. The summed E-state index contributed by atoms with van der Waals surface area (Å²) in [7, 11) is 4.01. The second kappa shape index (κ2) is 10.1. The van der Waals surface area contributed by atoms with Crippen LogP contribution in [0, 0.1) is 13.8 Å². The Bertz CT molecular complexity index is 1490. The van der Waals surface area contributed by atoms with Gasteiger partial charge in [-0.15, -0.1) is 0 Å². The van der Waals surface area contributed by atoms with Crippen molar-refractivity contribution in [2.75, 3.05) is 28.8 Å². The van der Waals surface area contributed by atoms with E-state index in [9.17, 15) is 9.59 Å². The molecule has 1 aliphatic rings. The van der Waals surface area contributed by atoms with Crippen LogP contribution in [0.5, 0.6) is 0 Å². The number of thiocarbonyl (C=S) groups is 1. The predicted octanol–water partition coefficient (Wildman–Crippen LogP) is 5.91. The maximum Gasteiger partial charge on any atom is 0.270 e. The molecule has 0 spiro atoms. The zero-order valence-corrected chi connectivity index (χ0v) is 22.6. The number of hydrogen-bond donors (Lipinski definition) is 0. The highest BCUT2D eigenvalue weighted by molar-refractivity contribution is 7.81. The number of aromatic nitrogens is 1. The van der Waals surface area contributed by atoms with Gasteiger partial charge in [-0.1, -0.05) is 36.4 Å². The van der Waals surface area contributed by atoms with Crippen LogP contribution >= 0.6 is 12.2 Å². The smallest absolute Gasteiger partial charge is 0.270 e. The van der Waals surface area contributed by atoms with Gasteiger partial charge in [0.1, 0.15) is 5.57 Å². The molecule has 2 amide bonds. The number of rotatable bonds is 5. The summed E-state index contributed by atoms with van der Waals surface area (Å²) >= 11 is 5.70. The van der Waals surface area contributed by atoms with Crippen molar-refractivity contribution in [2.45, 2.75) is 13.8 Å². The molecule has 0 saturated carbocycles. The van der Waals surface area contributed by atoms with E-state index in [0.717, 1.165) is 28.3 Å². The van der Waals surface area contributed by atoms with Crippen molar-refractivity contribution in [3.8, 4) is 5.69 Å². The van der Waals surface area contributed by atoms with Gasteiger partial charge in [0.2, 0.25) is 0 Å². The van der Waals surface area contributed by atoms with Crippen LogP contribution < -0.4 is 14.7 Å². The number of carbonyl (C=O) groups excluding carboxylic acids is 2. The molecule has 38 heavy (non-hydrogen) atoms. The molecule has 0 N–H and O–H groups in total. The molecule has 5 rings (SSSR count). The van der Waals surface area contributed by atoms with E-state index in [0.29, 0.717) is 11.4 Å². The van der Waals surface area contributed by atoms with Crippen molar-refractivity contribution in [3.63, 3.8) is 0 Å². The van der Waals surface area contributed by atoms with E-state index in [1.807, 2.05) is 94.7 Å². The highest BCUT2D eigenvalue weighted by Gasteiger charge is 2.41. The summed E-state index contributed by atoms with van der Waals surface area (Å²) in [5.41, 5.74) is 6.10. The maximum atomic E-state index is 13.8. The SMILES string of the molecule is Cc1cc(C=C2C(=O)N(c3ccccc3)C(=S)N(c3ccccc3)C2=O)c(C)n1-c1ccc(N(C)C)cc1. The molecule has 6 nitrogen and oxygen atoms in total. The minimum absolute atomic E-state index is 0.0505. The lowest BCUT2D eigenvalue weighted by Crippen LogP contribution is -2.56. The average molecular weight is 521 g/mol. The maximum absolute atomic E-state index is 13.8. The summed E-state index contributed by atoms with van der Waals surface area (Å²) in [6.07, 6.45) is 1.69. The Morgan fingerprint density at radius 3 is 1.68 bits per heavy atom. The van der Waals surface area contributed by atoms with Crippen LogP contribution in [0.4, 0.5) is 17.1 Å². The van der Waals surface area contributed by atoms with Crippen LogP contribution in [0.25, 0.3) is 11.8 Å². The van der Waals surface area contributed by atoms with Gasteiger partial charge in [-0.05, 0) is 92.3 Å². The van der Waals surface area contributed by atoms with Gasteiger partial charge in [-0.3, -0.25) is 19.4 Å². The number of carbonyl (C=O) groups is 2. The highest BCUT2D eigenvalue weighted by atomic mass is 32.1. The third-order valence-electron chi connectivity index (χ3n) is 6.67. The Morgan fingerprint density at radius 1 is 0.711 bits per heavy atom. The van der Waals surface area contributed by atoms with Gasteiger partial charge in [0.05, 0.1) is 11.4 Å². The Balaban J connectivity index is 1.62. The Hall–Kier alpha value is -4.49. The van der Waals surface area contributed by atoms with Crippen molar-refractivity contribution in [3.05, 3.63) is 114 Å². The zero-order valence-electron chi connectivity index (χ0n) is 21.8. The lowest BCUT2D eigenvalue weighted by molar-refractivity contribution is -0.120. The van der Waals surface area contributed by atoms with E-state index in [1.165, 1.54) is 9.80 Å². The average Bonchev–Trinajstić information content (AvgIpc) is 3.20. The molecule has 0 atom stereocenters. The summed E-state index contributed by atoms with van der Waals surface area (Å²) < 4.78 is 2.12.